The zero-order valence-corrected chi connectivity index (χ0v) is 17.8. The summed E-state index contributed by atoms with van der Waals surface area (Å²) in [4.78, 5) is 26.4. The number of halogens is 2. The van der Waals surface area contributed by atoms with Crippen LogP contribution < -0.4 is 20.3 Å². The van der Waals surface area contributed by atoms with Gasteiger partial charge in [0.2, 0.25) is 5.91 Å². The number of benzene rings is 2. The van der Waals surface area contributed by atoms with Crippen LogP contribution in [0, 0.1) is 0 Å². The fraction of sp³-hybridized carbons (Fsp3) is 0.211. The molecule has 0 bridgehead atoms. The van der Waals surface area contributed by atoms with Crippen molar-refractivity contribution >= 4 is 46.4 Å². The number of amides is 2. The minimum absolute atomic E-state index is 0.0613. The first-order chi connectivity index (χ1) is 15.0. The first-order valence-electron chi connectivity index (χ1n) is 9.19. The van der Waals surface area contributed by atoms with Crippen molar-refractivity contribution in [2.75, 3.05) is 37.0 Å². The largest absolute Gasteiger partial charge is 0.496 e. The average Bonchev–Trinajstić information content (AvgIpc) is 3.28. The molecule has 1 saturated heterocycles. The highest BCUT2D eigenvalue weighted by Crippen LogP contribution is 2.32. The molecule has 0 aliphatic carbocycles. The molecule has 2 heterocycles. The predicted molar refractivity (Wildman–Crippen MR) is 115 cm³/mol. The number of nitrogens with one attached hydrogen (secondary N) is 2. The highest BCUT2D eigenvalue weighted by atomic mass is 35.5. The summed E-state index contributed by atoms with van der Waals surface area (Å²) in [5.74, 6) is -0.189. The summed E-state index contributed by atoms with van der Waals surface area (Å²) in [7, 11) is 1.45. The van der Waals surface area contributed by atoms with Crippen molar-refractivity contribution in [3.05, 3.63) is 52.3 Å². The van der Waals surface area contributed by atoms with Gasteiger partial charge in [-0.1, -0.05) is 23.2 Å². The minimum Gasteiger partial charge on any atom is -0.496 e. The lowest BCUT2D eigenvalue weighted by molar-refractivity contribution is -0.120. The van der Waals surface area contributed by atoms with Gasteiger partial charge in [0.05, 0.1) is 40.6 Å². The molecule has 3 aromatic rings. The minimum atomic E-state index is -0.428. The number of tetrazole rings is 1. The molecule has 2 amide bonds. The van der Waals surface area contributed by atoms with E-state index < -0.39 is 5.91 Å². The fourth-order valence-corrected chi connectivity index (χ4v) is 3.77. The Kier molecular flexibility index (Phi) is 5.92. The van der Waals surface area contributed by atoms with Gasteiger partial charge in [0.1, 0.15) is 12.1 Å². The Morgan fingerprint density at radius 3 is 2.68 bits per heavy atom. The van der Waals surface area contributed by atoms with Crippen LogP contribution >= 0.6 is 23.2 Å². The van der Waals surface area contributed by atoms with Gasteiger partial charge in [-0.15, -0.1) is 5.10 Å². The summed E-state index contributed by atoms with van der Waals surface area (Å²) in [6.07, 6.45) is 1.38. The van der Waals surface area contributed by atoms with E-state index in [0.29, 0.717) is 35.2 Å². The molecule has 4 rings (SSSR count). The monoisotopic (exact) mass is 461 g/mol. The number of aromatic nitrogens is 4. The normalized spacial score (nSPS) is 13.6. The number of carbonyl (C=O) groups excluding carboxylic acids is 2. The summed E-state index contributed by atoms with van der Waals surface area (Å²) in [6.45, 7) is 1.43. The first kappa shape index (κ1) is 20.9. The molecule has 1 fully saturated rings. The quantitative estimate of drug-likeness (QED) is 0.598. The van der Waals surface area contributed by atoms with Crippen molar-refractivity contribution < 1.29 is 14.3 Å². The third kappa shape index (κ3) is 4.39. The Morgan fingerprint density at radius 2 is 2.00 bits per heavy atom. The van der Waals surface area contributed by atoms with Crippen molar-refractivity contribution in [3.63, 3.8) is 0 Å². The lowest BCUT2D eigenvalue weighted by Gasteiger charge is -2.29. The molecule has 0 spiro atoms. The van der Waals surface area contributed by atoms with Gasteiger partial charge in [-0.05, 0) is 34.7 Å². The van der Waals surface area contributed by atoms with Crippen LogP contribution in [0.5, 0.6) is 5.75 Å². The summed E-state index contributed by atoms with van der Waals surface area (Å²) < 4.78 is 6.73. The number of hydrogen-bond donors (Lipinski definition) is 2. The number of hydrogen-bond acceptors (Lipinski definition) is 7. The lowest BCUT2D eigenvalue weighted by atomic mass is 10.1. The second-order valence-corrected chi connectivity index (χ2v) is 7.46. The van der Waals surface area contributed by atoms with Crippen LogP contribution in [0.15, 0.2) is 36.7 Å². The summed E-state index contributed by atoms with van der Waals surface area (Å²) in [5, 5.41) is 17.2. The van der Waals surface area contributed by atoms with Crippen molar-refractivity contribution in [2.24, 2.45) is 0 Å². The smallest absolute Gasteiger partial charge is 0.259 e. The number of carbonyl (C=O) groups is 2. The maximum Gasteiger partial charge on any atom is 0.259 e. The first-order valence-corrected chi connectivity index (χ1v) is 9.95. The zero-order valence-electron chi connectivity index (χ0n) is 16.3. The van der Waals surface area contributed by atoms with Crippen LogP contribution in [0.1, 0.15) is 10.4 Å². The Balaban J connectivity index is 1.56. The summed E-state index contributed by atoms with van der Waals surface area (Å²) in [6, 6.07) is 8.17. The van der Waals surface area contributed by atoms with Crippen molar-refractivity contribution in [3.8, 4) is 11.4 Å². The Bertz CT molecular complexity index is 1140. The molecule has 1 aliphatic heterocycles. The molecular formula is C19H17Cl2N7O3. The van der Waals surface area contributed by atoms with E-state index in [1.165, 1.54) is 24.2 Å². The predicted octanol–water partition coefficient (Wildman–Crippen LogP) is 2.17. The summed E-state index contributed by atoms with van der Waals surface area (Å²) in [5.41, 5.74) is 1.92. The average molecular weight is 462 g/mol. The fourth-order valence-electron chi connectivity index (χ4n) is 3.22. The van der Waals surface area contributed by atoms with Crippen LogP contribution in [0.4, 0.5) is 11.4 Å². The number of anilines is 2. The zero-order chi connectivity index (χ0) is 22.0. The van der Waals surface area contributed by atoms with Crippen LogP contribution in [-0.4, -0.2) is 58.8 Å². The number of ether oxygens (including phenoxy) is 1. The van der Waals surface area contributed by atoms with E-state index >= 15 is 0 Å². The molecule has 31 heavy (non-hydrogen) atoms. The molecule has 0 atom stereocenters. The van der Waals surface area contributed by atoms with E-state index in [4.69, 9.17) is 27.9 Å². The van der Waals surface area contributed by atoms with Gasteiger partial charge >= 0.3 is 0 Å². The lowest BCUT2D eigenvalue weighted by Crippen LogP contribution is -2.47. The van der Waals surface area contributed by atoms with Gasteiger partial charge in [0.25, 0.3) is 5.91 Å². The van der Waals surface area contributed by atoms with Gasteiger partial charge in [-0.2, -0.15) is 4.68 Å². The van der Waals surface area contributed by atoms with E-state index in [1.54, 1.807) is 24.3 Å². The number of rotatable bonds is 5. The SMILES string of the molecule is COc1cc(-n2cnnn2)c(Cl)cc1C(=O)Nc1ccc(N2CCNC(=O)C2)c(Cl)c1. The molecule has 1 aromatic heterocycles. The number of piperazine rings is 1. The van der Waals surface area contributed by atoms with E-state index in [0.717, 1.165) is 5.69 Å². The highest BCUT2D eigenvalue weighted by Gasteiger charge is 2.20. The third-order valence-corrected chi connectivity index (χ3v) is 5.30. The van der Waals surface area contributed by atoms with Gasteiger partial charge in [0, 0.05) is 24.8 Å². The maximum atomic E-state index is 12.9. The van der Waals surface area contributed by atoms with Crippen molar-refractivity contribution in [1.29, 1.82) is 0 Å². The number of nitrogens with zero attached hydrogens (tertiary/aromatic N) is 5. The molecule has 0 unspecified atom stereocenters. The molecule has 12 heteroatoms. The van der Waals surface area contributed by atoms with Crippen molar-refractivity contribution in [2.45, 2.75) is 0 Å². The molecule has 2 N–H and O–H groups in total. The molecule has 2 aromatic carbocycles. The summed E-state index contributed by atoms with van der Waals surface area (Å²) >= 11 is 12.7. The Morgan fingerprint density at radius 1 is 1.19 bits per heavy atom. The molecule has 0 saturated carbocycles. The van der Waals surface area contributed by atoms with Crippen molar-refractivity contribution in [1.82, 2.24) is 25.5 Å². The second kappa shape index (κ2) is 8.78. The van der Waals surface area contributed by atoms with Gasteiger partial charge in [-0.25, -0.2) is 0 Å². The molecule has 1 aliphatic rings. The highest BCUT2D eigenvalue weighted by molar-refractivity contribution is 6.34. The van der Waals surface area contributed by atoms with E-state index in [1.807, 2.05) is 4.90 Å². The Labute approximate surface area is 187 Å². The van der Waals surface area contributed by atoms with Crippen LogP contribution in [0.25, 0.3) is 5.69 Å². The van der Waals surface area contributed by atoms with E-state index in [-0.39, 0.29) is 23.0 Å². The van der Waals surface area contributed by atoms with Gasteiger partial charge < -0.3 is 20.3 Å². The van der Waals surface area contributed by atoms with Crippen LogP contribution in [0.3, 0.4) is 0 Å². The molecule has 160 valence electrons. The third-order valence-electron chi connectivity index (χ3n) is 4.69. The second-order valence-electron chi connectivity index (χ2n) is 6.65. The standard InChI is InChI=1S/C19H17Cl2N7O3/c1-31-17-8-16(28-10-23-25-26-28)14(21)7-12(17)19(30)24-11-2-3-15(13(20)6-11)27-5-4-22-18(29)9-27/h2-3,6-8,10H,4-5,9H2,1H3,(H,22,29)(H,24,30). The van der Waals surface area contributed by atoms with Crippen LogP contribution in [0.2, 0.25) is 10.0 Å². The number of methoxy groups -OCH3 is 1. The van der Waals surface area contributed by atoms with Gasteiger partial charge in [-0.3, -0.25) is 9.59 Å². The van der Waals surface area contributed by atoms with Gasteiger partial charge in [0.15, 0.2) is 0 Å². The molecular weight excluding hydrogens is 445 g/mol. The topological polar surface area (TPSA) is 114 Å². The van der Waals surface area contributed by atoms with E-state index in [9.17, 15) is 9.59 Å². The molecule has 10 nitrogen and oxygen atoms in total. The Hall–Kier alpha value is -3.37. The van der Waals surface area contributed by atoms with Crippen LogP contribution in [-0.2, 0) is 4.79 Å². The molecule has 0 radical (unpaired) electrons. The maximum absolute atomic E-state index is 12.9. The van der Waals surface area contributed by atoms with E-state index in [2.05, 4.69) is 26.2 Å².